The zero-order valence-electron chi connectivity index (χ0n) is 21.0. The number of aromatic nitrogens is 1. The van der Waals surface area contributed by atoms with Crippen LogP contribution >= 0.6 is 23.2 Å². The Morgan fingerprint density at radius 1 is 0.947 bits per heavy atom. The van der Waals surface area contributed by atoms with E-state index < -0.39 is 22.5 Å². The van der Waals surface area contributed by atoms with Crippen LogP contribution in [0.2, 0.25) is 10.0 Å². The van der Waals surface area contributed by atoms with Crippen molar-refractivity contribution in [1.82, 2.24) is 9.99 Å². The molecule has 0 unspecified atom stereocenters. The average molecular weight is 570 g/mol. The van der Waals surface area contributed by atoms with Crippen LogP contribution in [0.15, 0.2) is 88.9 Å². The molecule has 1 heterocycles. The quantitative estimate of drug-likeness (QED) is 0.207. The van der Waals surface area contributed by atoms with Crippen molar-refractivity contribution >= 4 is 51.0 Å². The topological polar surface area (TPSA) is 83.8 Å². The molecule has 0 aliphatic heterocycles. The first-order valence-electron chi connectivity index (χ1n) is 11.7. The summed E-state index contributed by atoms with van der Waals surface area (Å²) in [5.41, 5.74) is 7.08. The van der Waals surface area contributed by atoms with Crippen molar-refractivity contribution in [2.45, 2.75) is 25.7 Å². The van der Waals surface area contributed by atoms with Crippen LogP contribution in [0.3, 0.4) is 0 Å². The van der Waals surface area contributed by atoms with Crippen molar-refractivity contribution < 1.29 is 13.2 Å². The maximum Gasteiger partial charge on any atom is 0.264 e. The van der Waals surface area contributed by atoms with E-state index in [4.69, 9.17) is 23.2 Å². The number of halogens is 2. The average Bonchev–Trinajstić information content (AvgIpc) is 3.17. The molecular weight excluding hydrogens is 543 g/mol. The summed E-state index contributed by atoms with van der Waals surface area (Å²) in [5, 5.41) is 5.10. The minimum atomic E-state index is -4.06. The van der Waals surface area contributed by atoms with Crippen LogP contribution in [0.1, 0.15) is 22.5 Å². The minimum Gasteiger partial charge on any atom is -0.318 e. The van der Waals surface area contributed by atoms with Gasteiger partial charge in [-0.15, -0.1) is 0 Å². The van der Waals surface area contributed by atoms with Gasteiger partial charge in [-0.2, -0.15) is 5.10 Å². The summed E-state index contributed by atoms with van der Waals surface area (Å²) in [5.74, 6) is -0.605. The van der Waals surface area contributed by atoms with E-state index in [1.807, 2.05) is 44.2 Å². The summed E-state index contributed by atoms with van der Waals surface area (Å²) in [6, 6.07) is 22.3. The van der Waals surface area contributed by atoms with Crippen molar-refractivity contribution in [3.05, 3.63) is 111 Å². The molecule has 0 saturated heterocycles. The molecule has 1 N–H and O–H groups in total. The predicted molar refractivity (Wildman–Crippen MR) is 153 cm³/mol. The number of amides is 1. The number of anilines is 1. The molecule has 0 fully saturated rings. The van der Waals surface area contributed by atoms with Crippen LogP contribution < -0.4 is 9.73 Å². The SMILES string of the molecule is Cc1ccc(Cl)cc1N(CC(=O)N/N=C\c1cc(C)n(-c2ccc(Cl)cc2)c1C)S(=O)(=O)c1ccccc1. The summed E-state index contributed by atoms with van der Waals surface area (Å²) in [6.45, 7) is 5.18. The first kappa shape index (κ1) is 27.4. The Morgan fingerprint density at radius 2 is 1.61 bits per heavy atom. The van der Waals surface area contributed by atoms with Crippen molar-refractivity contribution in [2.24, 2.45) is 5.10 Å². The van der Waals surface area contributed by atoms with Gasteiger partial charge >= 0.3 is 0 Å². The molecule has 10 heteroatoms. The number of nitrogens with one attached hydrogen (secondary N) is 1. The van der Waals surface area contributed by atoms with Crippen LogP contribution in [0, 0.1) is 20.8 Å². The second-order valence-corrected chi connectivity index (χ2v) is 11.4. The monoisotopic (exact) mass is 568 g/mol. The van der Waals surface area contributed by atoms with Crippen molar-refractivity contribution in [1.29, 1.82) is 0 Å². The van der Waals surface area contributed by atoms with Gasteiger partial charge in [0.15, 0.2) is 0 Å². The normalized spacial score (nSPS) is 11.6. The Morgan fingerprint density at radius 3 is 2.29 bits per heavy atom. The highest BCUT2D eigenvalue weighted by atomic mass is 35.5. The molecule has 4 rings (SSSR count). The molecular formula is C28H26Cl2N4O3S. The molecule has 38 heavy (non-hydrogen) atoms. The Kier molecular flexibility index (Phi) is 8.26. The van der Waals surface area contributed by atoms with Gasteiger partial charge in [-0.05, 0) is 80.9 Å². The molecule has 0 saturated carbocycles. The van der Waals surface area contributed by atoms with E-state index in [-0.39, 0.29) is 4.90 Å². The highest BCUT2D eigenvalue weighted by Gasteiger charge is 2.28. The maximum atomic E-state index is 13.5. The van der Waals surface area contributed by atoms with E-state index in [2.05, 4.69) is 15.1 Å². The van der Waals surface area contributed by atoms with Crippen LogP contribution in [0.4, 0.5) is 5.69 Å². The lowest BCUT2D eigenvalue weighted by atomic mass is 10.2. The first-order valence-corrected chi connectivity index (χ1v) is 13.9. The van der Waals surface area contributed by atoms with Gasteiger partial charge < -0.3 is 4.57 Å². The van der Waals surface area contributed by atoms with Gasteiger partial charge in [-0.1, -0.05) is 47.5 Å². The molecule has 1 amide bonds. The van der Waals surface area contributed by atoms with Crippen molar-refractivity contribution in [3.8, 4) is 5.69 Å². The highest BCUT2D eigenvalue weighted by molar-refractivity contribution is 7.92. The number of hydrogen-bond donors (Lipinski definition) is 1. The standard InChI is InChI=1S/C28H26Cl2N4O3S/c1-19-9-10-24(30)16-27(19)33(38(36,37)26-7-5-4-6-8-26)18-28(35)32-31-17-22-15-20(2)34(21(22)3)25-13-11-23(29)12-14-25/h4-17H,18H2,1-3H3,(H,32,35)/b31-17-. The van der Waals surface area contributed by atoms with Gasteiger partial charge in [0.2, 0.25) is 0 Å². The molecule has 4 aromatic rings. The van der Waals surface area contributed by atoms with E-state index in [9.17, 15) is 13.2 Å². The van der Waals surface area contributed by atoms with Gasteiger partial charge in [0.05, 0.1) is 16.8 Å². The van der Waals surface area contributed by atoms with Crippen molar-refractivity contribution in [3.63, 3.8) is 0 Å². The van der Waals surface area contributed by atoms with Gasteiger partial charge in [0.25, 0.3) is 15.9 Å². The number of sulfonamides is 1. The number of hydrazone groups is 1. The molecule has 0 spiro atoms. The smallest absolute Gasteiger partial charge is 0.264 e. The van der Waals surface area contributed by atoms with E-state index in [1.165, 1.54) is 24.4 Å². The fourth-order valence-electron chi connectivity index (χ4n) is 4.12. The van der Waals surface area contributed by atoms with Gasteiger partial charge in [0, 0.05) is 32.7 Å². The molecule has 0 radical (unpaired) electrons. The lowest BCUT2D eigenvalue weighted by molar-refractivity contribution is -0.119. The molecule has 1 aromatic heterocycles. The van der Waals surface area contributed by atoms with Crippen LogP contribution in [-0.2, 0) is 14.8 Å². The fraction of sp³-hybridized carbons (Fsp3) is 0.143. The van der Waals surface area contributed by atoms with Gasteiger partial charge in [-0.3, -0.25) is 9.10 Å². The van der Waals surface area contributed by atoms with Gasteiger partial charge in [-0.25, -0.2) is 13.8 Å². The highest BCUT2D eigenvalue weighted by Crippen LogP contribution is 2.29. The molecule has 3 aromatic carbocycles. The summed E-state index contributed by atoms with van der Waals surface area (Å²) in [7, 11) is -4.06. The second-order valence-electron chi connectivity index (χ2n) is 8.69. The molecule has 7 nitrogen and oxygen atoms in total. The molecule has 196 valence electrons. The minimum absolute atomic E-state index is 0.0605. The summed E-state index contributed by atoms with van der Waals surface area (Å²) in [6.07, 6.45) is 1.54. The number of hydrogen-bond acceptors (Lipinski definition) is 4. The number of rotatable bonds is 8. The van der Waals surface area contributed by atoms with E-state index in [0.717, 1.165) is 26.9 Å². The Bertz CT molecular complexity index is 1600. The molecule has 0 aliphatic rings. The number of nitrogens with zero attached hydrogens (tertiary/aromatic N) is 3. The fourth-order valence-corrected chi connectivity index (χ4v) is 5.91. The Labute approximate surface area is 232 Å². The summed E-state index contributed by atoms with van der Waals surface area (Å²) >= 11 is 12.2. The third-order valence-corrected chi connectivity index (χ3v) is 8.27. The van der Waals surface area contributed by atoms with E-state index in [1.54, 1.807) is 37.3 Å². The Hall–Kier alpha value is -3.59. The molecule has 0 aliphatic carbocycles. The molecule has 0 bridgehead atoms. The third kappa shape index (κ3) is 5.93. The van der Waals surface area contributed by atoms with Crippen molar-refractivity contribution in [2.75, 3.05) is 10.8 Å². The number of aryl methyl sites for hydroxylation is 2. The largest absolute Gasteiger partial charge is 0.318 e. The van der Waals surface area contributed by atoms with E-state index in [0.29, 0.717) is 21.3 Å². The van der Waals surface area contributed by atoms with Crippen LogP contribution in [-0.4, -0.2) is 31.7 Å². The number of benzene rings is 3. The lowest BCUT2D eigenvalue weighted by Crippen LogP contribution is -2.40. The lowest BCUT2D eigenvalue weighted by Gasteiger charge is -2.25. The van der Waals surface area contributed by atoms with Crippen LogP contribution in [0.25, 0.3) is 5.69 Å². The van der Waals surface area contributed by atoms with Crippen LogP contribution in [0.5, 0.6) is 0 Å². The summed E-state index contributed by atoms with van der Waals surface area (Å²) in [4.78, 5) is 13.0. The zero-order valence-corrected chi connectivity index (χ0v) is 23.3. The zero-order chi connectivity index (χ0) is 27.4. The molecule has 0 atom stereocenters. The van der Waals surface area contributed by atoms with E-state index >= 15 is 0 Å². The summed E-state index contributed by atoms with van der Waals surface area (Å²) < 4.78 is 30.1. The second kappa shape index (κ2) is 11.4. The number of carbonyl (C=O) groups is 1. The maximum absolute atomic E-state index is 13.5. The Balaban J connectivity index is 1.57. The third-order valence-electron chi connectivity index (χ3n) is 6.01. The van der Waals surface area contributed by atoms with Gasteiger partial charge in [0.1, 0.15) is 6.54 Å². The number of carbonyl (C=O) groups excluding carboxylic acids is 1. The predicted octanol–water partition coefficient (Wildman–Crippen LogP) is 6.05. The first-order chi connectivity index (χ1) is 18.1.